The van der Waals surface area contributed by atoms with Crippen molar-refractivity contribution in [3.05, 3.63) is 71.4 Å². The fourth-order valence-electron chi connectivity index (χ4n) is 2.61. The van der Waals surface area contributed by atoms with Crippen LogP contribution in [0.2, 0.25) is 0 Å². The zero-order valence-corrected chi connectivity index (χ0v) is 12.9. The fourth-order valence-corrected chi connectivity index (χ4v) is 2.61. The largest absolute Gasteiger partial charge is 0.506 e. The first-order chi connectivity index (χ1) is 10.6. The van der Waals surface area contributed by atoms with Crippen LogP contribution in [0.3, 0.4) is 0 Å². The Kier molecular flexibility index (Phi) is 4.07. The summed E-state index contributed by atoms with van der Waals surface area (Å²) < 4.78 is 0. The summed E-state index contributed by atoms with van der Waals surface area (Å²) in [6.07, 6.45) is 1.70. The number of pyridine rings is 1. The number of fused-ring (bicyclic) bond motifs is 1. The molecule has 0 aliphatic rings. The van der Waals surface area contributed by atoms with Crippen LogP contribution < -0.4 is 5.32 Å². The first-order valence-electron chi connectivity index (χ1n) is 7.50. The molecular weight excluding hydrogens is 272 g/mol. The molecule has 2 aromatic carbocycles. The first-order valence-corrected chi connectivity index (χ1v) is 7.50. The Bertz CT molecular complexity index is 781. The third-order valence-corrected chi connectivity index (χ3v) is 4.01. The summed E-state index contributed by atoms with van der Waals surface area (Å²) in [4.78, 5) is 4.26. The molecule has 3 heteroatoms. The quantitative estimate of drug-likeness (QED) is 0.761. The molecule has 0 saturated heterocycles. The van der Waals surface area contributed by atoms with E-state index in [1.54, 1.807) is 12.3 Å². The molecule has 0 bridgehead atoms. The fraction of sp³-hybridized carbons (Fsp3) is 0.211. The normalized spacial score (nSPS) is 12.5. The van der Waals surface area contributed by atoms with Gasteiger partial charge in [0.05, 0.1) is 0 Å². The summed E-state index contributed by atoms with van der Waals surface area (Å²) in [5.74, 6) is 0.228. The van der Waals surface area contributed by atoms with Gasteiger partial charge in [0.1, 0.15) is 11.3 Å². The van der Waals surface area contributed by atoms with Gasteiger partial charge in [-0.25, -0.2) is 0 Å². The summed E-state index contributed by atoms with van der Waals surface area (Å²) >= 11 is 0. The van der Waals surface area contributed by atoms with E-state index in [0.717, 1.165) is 17.5 Å². The Hall–Kier alpha value is -2.39. The number of benzene rings is 2. The molecular formula is C19H20N2O. The molecule has 0 amide bonds. The Balaban J connectivity index is 1.79. The van der Waals surface area contributed by atoms with Crippen LogP contribution in [-0.4, -0.2) is 10.1 Å². The molecule has 3 rings (SSSR count). The number of aromatic nitrogens is 1. The van der Waals surface area contributed by atoms with Gasteiger partial charge in [-0.15, -0.1) is 0 Å². The van der Waals surface area contributed by atoms with Gasteiger partial charge in [0, 0.05) is 24.2 Å². The van der Waals surface area contributed by atoms with Crippen LogP contribution in [0, 0.1) is 6.92 Å². The van der Waals surface area contributed by atoms with Gasteiger partial charge in [0.2, 0.25) is 0 Å². The topological polar surface area (TPSA) is 45.1 Å². The van der Waals surface area contributed by atoms with Crippen molar-refractivity contribution >= 4 is 10.9 Å². The first kappa shape index (κ1) is 14.5. The van der Waals surface area contributed by atoms with Crippen molar-refractivity contribution in [1.82, 2.24) is 10.3 Å². The smallest absolute Gasteiger partial charge is 0.141 e. The van der Waals surface area contributed by atoms with Gasteiger partial charge in [0.15, 0.2) is 0 Å². The van der Waals surface area contributed by atoms with Gasteiger partial charge in [-0.3, -0.25) is 4.98 Å². The van der Waals surface area contributed by atoms with E-state index in [4.69, 9.17) is 0 Å². The van der Waals surface area contributed by atoms with E-state index in [-0.39, 0.29) is 11.8 Å². The number of hydrogen-bond donors (Lipinski definition) is 2. The van der Waals surface area contributed by atoms with E-state index < -0.39 is 0 Å². The number of rotatable bonds is 4. The predicted octanol–water partition coefficient (Wildman–Crippen LogP) is 4.10. The van der Waals surface area contributed by atoms with Gasteiger partial charge < -0.3 is 10.4 Å². The Morgan fingerprint density at radius 1 is 1.09 bits per heavy atom. The van der Waals surface area contributed by atoms with E-state index >= 15 is 0 Å². The third-order valence-electron chi connectivity index (χ3n) is 4.01. The van der Waals surface area contributed by atoms with Crippen LogP contribution in [0.25, 0.3) is 10.9 Å². The molecule has 1 heterocycles. The minimum Gasteiger partial charge on any atom is -0.506 e. The van der Waals surface area contributed by atoms with Crippen molar-refractivity contribution in [3.8, 4) is 5.75 Å². The van der Waals surface area contributed by atoms with Crippen molar-refractivity contribution < 1.29 is 5.11 Å². The monoisotopic (exact) mass is 292 g/mol. The van der Waals surface area contributed by atoms with Crippen molar-refractivity contribution in [1.29, 1.82) is 0 Å². The molecule has 0 aliphatic carbocycles. The third kappa shape index (κ3) is 2.95. The highest BCUT2D eigenvalue weighted by atomic mass is 16.3. The number of phenols is 1. The van der Waals surface area contributed by atoms with Crippen LogP contribution in [-0.2, 0) is 6.54 Å². The molecule has 2 N–H and O–H groups in total. The van der Waals surface area contributed by atoms with E-state index in [0.29, 0.717) is 5.52 Å². The summed E-state index contributed by atoms with van der Waals surface area (Å²) in [5.41, 5.74) is 4.34. The highest BCUT2D eigenvalue weighted by Gasteiger charge is 2.08. The number of nitrogens with zero attached hydrogens (tertiary/aromatic N) is 1. The van der Waals surface area contributed by atoms with Gasteiger partial charge in [-0.05, 0) is 37.1 Å². The molecule has 22 heavy (non-hydrogen) atoms. The summed E-state index contributed by atoms with van der Waals surface area (Å²) in [6.45, 7) is 4.99. The highest BCUT2D eigenvalue weighted by Crippen LogP contribution is 2.26. The standard InChI is InChI=1S/C19H20N2O/c1-13-5-7-15(8-6-13)14(2)21-12-16-9-10-18(22)19-17(16)4-3-11-20-19/h3-11,14,21-22H,12H2,1-2H3/t14-/m0/s1. The lowest BCUT2D eigenvalue weighted by Crippen LogP contribution is -2.18. The van der Waals surface area contributed by atoms with Crippen LogP contribution in [0.15, 0.2) is 54.7 Å². The molecule has 0 fully saturated rings. The van der Waals surface area contributed by atoms with E-state index in [9.17, 15) is 5.11 Å². The number of nitrogens with one attached hydrogen (secondary N) is 1. The summed E-state index contributed by atoms with van der Waals surface area (Å²) in [6, 6.07) is 16.4. The van der Waals surface area contributed by atoms with E-state index in [1.807, 2.05) is 18.2 Å². The number of aryl methyl sites for hydroxylation is 1. The van der Waals surface area contributed by atoms with Crippen LogP contribution >= 0.6 is 0 Å². The summed E-state index contributed by atoms with van der Waals surface area (Å²) in [7, 11) is 0. The average molecular weight is 292 g/mol. The maximum absolute atomic E-state index is 9.89. The summed E-state index contributed by atoms with van der Waals surface area (Å²) in [5, 5.41) is 14.4. The van der Waals surface area contributed by atoms with Crippen LogP contribution in [0.4, 0.5) is 0 Å². The molecule has 1 atom stereocenters. The molecule has 3 aromatic rings. The lowest BCUT2D eigenvalue weighted by Gasteiger charge is -2.16. The minimum atomic E-state index is 0.228. The molecule has 0 saturated carbocycles. The van der Waals surface area contributed by atoms with Crippen molar-refractivity contribution in [2.24, 2.45) is 0 Å². The van der Waals surface area contributed by atoms with E-state index in [1.165, 1.54) is 11.1 Å². The number of aromatic hydroxyl groups is 1. The van der Waals surface area contributed by atoms with Gasteiger partial charge >= 0.3 is 0 Å². The van der Waals surface area contributed by atoms with Gasteiger partial charge in [-0.1, -0.05) is 42.0 Å². The van der Waals surface area contributed by atoms with Gasteiger partial charge in [0.25, 0.3) is 0 Å². The highest BCUT2D eigenvalue weighted by molar-refractivity contribution is 5.87. The van der Waals surface area contributed by atoms with Crippen LogP contribution in [0.5, 0.6) is 5.75 Å². The number of hydrogen-bond acceptors (Lipinski definition) is 3. The second kappa shape index (κ2) is 6.16. The van der Waals surface area contributed by atoms with Gasteiger partial charge in [-0.2, -0.15) is 0 Å². The number of phenolic OH excluding ortho intramolecular Hbond substituents is 1. The maximum atomic E-state index is 9.89. The predicted molar refractivity (Wildman–Crippen MR) is 89.8 cm³/mol. The second-order valence-electron chi connectivity index (χ2n) is 5.66. The Morgan fingerprint density at radius 2 is 1.86 bits per heavy atom. The molecule has 0 unspecified atom stereocenters. The zero-order valence-electron chi connectivity index (χ0n) is 12.9. The lowest BCUT2D eigenvalue weighted by atomic mass is 10.0. The van der Waals surface area contributed by atoms with Crippen molar-refractivity contribution in [2.45, 2.75) is 26.4 Å². The maximum Gasteiger partial charge on any atom is 0.141 e. The zero-order chi connectivity index (χ0) is 15.5. The Labute approximate surface area is 130 Å². The molecule has 0 spiro atoms. The molecule has 0 radical (unpaired) electrons. The van der Waals surface area contributed by atoms with Crippen molar-refractivity contribution in [3.63, 3.8) is 0 Å². The lowest BCUT2D eigenvalue weighted by molar-refractivity contribution is 0.480. The molecule has 3 nitrogen and oxygen atoms in total. The molecule has 0 aliphatic heterocycles. The van der Waals surface area contributed by atoms with Crippen molar-refractivity contribution in [2.75, 3.05) is 0 Å². The van der Waals surface area contributed by atoms with E-state index in [2.05, 4.69) is 48.4 Å². The minimum absolute atomic E-state index is 0.228. The molecule has 112 valence electrons. The second-order valence-corrected chi connectivity index (χ2v) is 5.66. The SMILES string of the molecule is Cc1ccc([C@H](C)NCc2ccc(O)c3ncccc23)cc1. The average Bonchev–Trinajstić information content (AvgIpc) is 2.55. The Morgan fingerprint density at radius 3 is 2.64 bits per heavy atom. The van der Waals surface area contributed by atoms with Crippen LogP contribution in [0.1, 0.15) is 29.7 Å². The molecule has 1 aromatic heterocycles.